The van der Waals surface area contributed by atoms with Crippen LogP contribution in [0.3, 0.4) is 0 Å². The first-order valence-electron chi connectivity index (χ1n) is 11.8. The average Bonchev–Trinajstić information content (AvgIpc) is 3.40. The number of thiophene rings is 1. The molecule has 8 nitrogen and oxygen atoms in total. The Morgan fingerprint density at radius 3 is 2.56 bits per heavy atom. The lowest BCUT2D eigenvalue weighted by Crippen LogP contribution is -2.21. The number of carbonyl (C=O) groups excluding carboxylic acids is 1. The van der Waals surface area contributed by atoms with Crippen molar-refractivity contribution in [1.29, 1.82) is 0 Å². The fourth-order valence-corrected chi connectivity index (χ4v) is 5.85. The monoisotopic (exact) mass is 534 g/mol. The molecule has 0 spiro atoms. The Bertz CT molecular complexity index is 1140. The van der Waals surface area contributed by atoms with Gasteiger partial charge in [0.25, 0.3) is 0 Å². The fraction of sp³-hybridized carbons (Fsp3) is 0.462. The maximum absolute atomic E-state index is 12.4. The van der Waals surface area contributed by atoms with Crippen molar-refractivity contribution in [3.63, 3.8) is 0 Å². The number of hydrogen-bond donors (Lipinski definition) is 0. The van der Waals surface area contributed by atoms with Crippen molar-refractivity contribution in [2.45, 2.75) is 45.4 Å². The molecule has 0 unspecified atom stereocenters. The Kier molecular flexibility index (Phi) is 10.8. The number of hydrogen-bond acceptors (Lipinski definition) is 10. The maximum Gasteiger partial charge on any atom is 0.338 e. The lowest BCUT2D eigenvalue weighted by molar-refractivity contribution is 0.0526. The molecular weight excluding hydrogens is 500 g/mol. The molecule has 0 amide bonds. The molecule has 0 aliphatic carbocycles. The number of benzene rings is 1. The predicted octanol–water partition coefficient (Wildman–Crippen LogP) is 6.18. The van der Waals surface area contributed by atoms with Crippen LogP contribution in [0.25, 0.3) is 11.1 Å². The van der Waals surface area contributed by atoms with Gasteiger partial charge in [-0.3, -0.25) is 4.31 Å². The number of aryl methyl sites for hydroxylation is 2. The van der Waals surface area contributed by atoms with E-state index in [1.165, 1.54) is 0 Å². The van der Waals surface area contributed by atoms with E-state index >= 15 is 0 Å². The van der Waals surface area contributed by atoms with Crippen LogP contribution in [0.15, 0.2) is 33.0 Å². The molecular formula is C26H34N2O6S2. The minimum atomic E-state index is -0.339. The Morgan fingerprint density at radius 1 is 1.08 bits per heavy atom. The van der Waals surface area contributed by atoms with Gasteiger partial charge in [-0.1, -0.05) is 11.2 Å². The van der Waals surface area contributed by atoms with Gasteiger partial charge in [0.1, 0.15) is 12.5 Å². The quantitative estimate of drug-likeness (QED) is 0.104. The van der Waals surface area contributed by atoms with E-state index in [4.69, 9.17) is 23.5 Å². The number of aromatic nitrogens is 1. The van der Waals surface area contributed by atoms with E-state index in [1.807, 2.05) is 37.2 Å². The molecule has 196 valence electrons. The highest BCUT2D eigenvalue weighted by Crippen LogP contribution is 2.43. The summed E-state index contributed by atoms with van der Waals surface area (Å²) in [6.45, 7) is 12.3. The molecule has 10 heteroatoms. The minimum absolute atomic E-state index is 0.310. The summed E-state index contributed by atoms with van der Waals surface area (Å²) in [6.07, 6.45) is 0. The summed E-state index contributed by atoms with van der Waals surface area (Å²) < 4.78 is 30.4. The second kappa shape index (κ2) is 13.8. The van der Waals surface area contributed by atoms with Crippen LogP contribution in [0.4, 0.5) is 5.82 Å². The lowest BCUT2D eigenvalue weighted by atomic mass is 9.99. The van der Waals surface area contributed by atoms with Crippen molar-refractivity contribution < 1.29 is 28.3 Å². The number of esters is 1. The Balaban J connectivity index is 1.98. The van der Waals surface area contributed by atoms with E-state index in [2.05, 4.69) is 18.1 Å². The molecule has 0 saturated heterocycles. The summed E-state index contributed by atoms with van der Waals surface area (Å²) in [6, 6.07) is 7.80. The van der Waals surface area contributed by atoms with Gasteiger partial charge >= 0.3 is 5.97 Å². The summed E-state index contributed by atoms with van der Waals surface area (Å²) in [5.41, 5.74) is 4.48. The lowest BCUT2D eigenvalue weighted by Gasteiger charge is -2.21. The molecule has 3 aromatic rings. The first-order chi connectivity index (χ1) is 17.4. The summed E-state index contributed by atoms with van der Waals surface area (Å²) in [7, 11) is 1.65. The molecule has 0 bridgehead atoms. The number of ether oxygens (including phenoxy) is 4. The normalized spacial score (nSPS) is 11.2. The Morgan fingerprint density at radius 2 is 1.89 bits per heavy atom. The molecule has 2 heterocycles. The molecule has 0 radical (unpaired) electrons. The number of anilines is 1. The van der Waals surface area contributed by atoms with Gasteiger partial charge < -0.3 is 23.5 Å². The Hall–Kier alpha value is -2.37. The van der Waals surface area contributed by atoms with Crippen molar-refractivity contribution >= 4 is 35.1 Å². The van der Waals surface area contributed by atoms with Crippen molar-refractivity contribution in [2.75, 3.05) is 44.6 Å². The topological polar surface area (TPSA) is 83.3 Å². The largest absolute Gasteiger partial charge is 0.462 e. The first-order valence-corrected chi connectivity index (χ1v) is 13.4. The van der Waals surface area contributed by atoms with Gasteiger partial charge in [0.05, 0.1) is 36.2 Å². The van der Waals surface area contributed by atoms with E-state index in [0.29, 0.717) is 45.3 Å². The van der Waals surface area contributed by atoms with Crippen LogP contribution in [0.2, 0.25) is 0 Å². The second-order valence-corrected chi connectivity index (χ2v) is 10.5. The highest BCUT2D eigenvalue weighted by molar-refractivity contribution is 8.02. The van der Waals surface area contributed by atoms with Gasteiger partial charge in [-0.15, -0.1) is 11.3 Å². The van der Waals surface area contributed by atoms with Crippen molar-refractivity contribution in [3.8, 4) is 11.1 Å². The zero-order valence-corrected chi connectivity index (χ0v) is 23.3. The van der Waals surface area contributed by atoms with E-state index in [1.54, 1.807) is 43.4 Å². The van der Waals surface area contributed by atoms with Gasteiger partial charge in [0.15, 0.2) is 5.82 Å². The highest BCUT2D eigenvalue weighted by Gasteiger charge is 2.22. The summed E-state index contributed by atoms with van der Waals surface area (Å²) in [4.78, 5) is 13.5. The first kappa shape index (κ1) is 28.2. The van der Waals surface area contributed by atoms with Crippen LogP contribution in [-0.2, 0) is 25.6 Å². The van der Waals surface area contributed by atoms with Gasteiger partial charge in [-0.25, -0.2) is 4.79 Å². The van der Waals surface area contributed by atoms with E-state index in [9.17, 15) is 4.79 Å². The van der Waals surface area contributed by atoms with Crippen LogP contribution in [0, 0.1) is 20.8 Å². The number of methoxy groups -OCH3 is 1. The molecule has 0 atom stereocenters. The summed E-state index contributed by atoms with van der Waals surface area (Å²) >= 11 is 3.24. The molecule has 1 aromatic carbocycles. The molecule has 0 fully saturated rings. The third-order valence-electron chi connectivity index (χ3n) is 5.39. The highest BCUT2D eigenvalue weighted by atomic mass is 32.2. The fourth-order valence-electron chi connectivity index (χ4n) is 3.44. The molecule has 0 aliphatic heterocycles. The zero-order chi connectivity index (χ0) is 26.1. The molecule has 0 aliphatic rings. The van der Waals surface area contributed by atoms with E-state index in [-0.39, 0.29) is 5.97 Å². The van der Waals surface area contributed by atoms with Crippen LogP contribution in [0.1, 0.15) is 46.0 Å². The van der Waals surface area contributed by atoms with Gasteiger partial charge in [-0.2, -0.15) is 0 Å². The molecule has 3 rings (SSSR count). The van der Waals surface area contributed by atoms with E-state index in [0.717, 1.165) is 42.9 Å². The van der Waals surface area contributed by atoms with Crippen molar-refractivity contribution in [1.82, 2.24) is 5.16 Å². The minimum Gasteiger partial charge on any atom is -0.462 e. The number of nitrogens with zero attached hydrogens (tertiary/aromatic N) is 2. The number of rotatable bonds is 14. The zero-order valence-electron chi connectivity index (χ0n) is 21.7. The van der Waals surface area contributed by atoms with Gasteiger partial charge in [0, 0.05) is 41.7 Å². The summed E-state index contributed by atoms with van der Waals surface area (Å²) in [5, 5.41) is 4.28. The van der Waals surface area contributed by atoms with Crippen LogP contribution in [-0.4, -0.2) is 51.4 Å². The smallest absolute Gasteiger partial charge is 0.338 e. The second-order valence-electron chi connectivity index (χ2n) is 7.98. The number of carbonyl (C=O) groups is 1. The van der Waals surface area contributed by atoms with E-state index < -0.39 is 0 Å². The third kappa shape index (κ3) is 7.10. The summed E-state index contributed by atoms with van der Waals surface area (Å²) in [5.74, 6) is 1.15. The van der Waals surface area contributed by atoms with Crippen LogP contribution < -0.4 is 4.31 Å². The van der Waals surface area contributed by atoms with Gasteiger partial charge in [-0.05, 0) is 63.9 Å². The van der Waals surface area contributed by atoms with Crippen molar-refractivity contribution in [2.24, 2.45) is 0 Å². The third-order valence-corrected chi connectivity index (χ3v) is 7.59. The Labute approximate surface area is 221 Å². The average molecular weight is 535 g/mol. The van der Waals surface area contributed by atoms with Gasteiger partial charge in [0.2, 0.25) is 0 Å². The molecule has 0 saturated carbocycles. The van der Waals surface area contributed by atoms with Crippen LogP contribution >= 0.6 is 23.3 Å². The maximum atomic E-state index is 12.4. The van der Waals surface area contributed by atoms with Crippen LogP contribution in [0.5, 0.6) is 0 Å². The SMILES string of the molecule is CCOCc1cc(C(=O)OCC)ccc1-c1cc(C)sc1SN(COCCOC)c1noc(C)c1C. The van der Waals surface area contributed by atoms with Crippen molar-refractivity contribution in [3.05, 3.63) is 51.6 Å². The molecule has 0 N–H and O–H groups in total. The predicted molar refractivity (Wildman–Crippen MR) is 143 cm³/mol. The molecule has 2 aromatic heterocycles. The standard InChI is InChI=1S/C26H34N2O6S2/c1-7-31-15-21-14-20(25(29)33-8-2)9-10-22(21)23-13-17(3)35-26(23)36-28(16-32-12-11-30-6)24-18(4)19(5)34-27-24/h9-10,13-14H,7-8,11-12,15-16H2,1-6H3. The molecule has 36 heavy (non-hydrogen) atoms.